The van der Waals surface area contributed by atoms with Gasteiger partial charge in [-0.3, -0.25) is 14.9 Å². The molecule has 2 N–H and O–H groups in total. The van der Waals surface area contributed by atoms with Crippen LogP contribution >= 0.6 is 0 Å². The van der Waals surface area contributed by atoms with Crippen molar-refractivity contribution >= 4 is 12.0 Å². The maximum Gasteiger partial charge on any atom is 0.269 e. The lowest BCUT2D eigenvalue weighted by Crippen LogP contribution is -2.23. The Labute approximate surface area is 80.7 Å². The second-order valence-corrected chi connectivity index (χ2v) is 2.86. The van der Waals surface area contributed by atoms with Crippen LogP contribution in [0.25, 0.3) is 0 Å². The van der Waals surface area contributed by atoms with Crippen LogP contribution in [0.4, 0.5) is 5.69 Å². The number of carbonyl (C=O) groups excluding carboxylic acids is 1. The minimum absolute atomic E-state index is 0.000555. The van der Waals surface area contributed by atoms with E-state index in [0.29, 0.717) is 5.56 Å². The van der Waals surface area contributed by atoms with Crippen LogP contribution in [-0.2, 0) is 11.2 Å². The predicted molar refractivity (Wildman–Crippen MR) is 50.5 cm³/mol. The van der Waals surface area contributed by atoms with Gasteiger partial charge in [-0.15, -0.1) is 0 Å². The third-order valence-corrected chi connectivity index (χ3v) is 1.73. The Hall–Kier alpha value is -1.75. The zero-order valence-corrected chi connectivity index (χ0v) is 7.34. The molecular formula is C9H9N2O3. The highest BCUT2D eigenvalue weighted by Gasteiger charge is 2.08. The van der Waals surface area contributed by atoms with E-state index in [4.69, 9.17) is 5.73 Å². The maximum atomic E-state index is 10.4. The second-order valence-electron chi connectivity index (χ2n) is 2.86. The van der Waals surface area contributed by atoms with E-state index in [2.05, 4.69) is 0 Å². The number of non-ortho nitro benzene ring substituents is 1. The number of rotatable bonds is 4. The predicted octanol–water partition coefficient (Wildman–Crippen LogP) is 0.574. The van der Waals surface area contributed by atoms with Gasteiger partial charge in [-0.25, -0.2) is 0 Å². The molecule has 0 bridgehead atoms. The van der Waals surface area contributed by atoms with E-state index < -0.39 is 11.0 Å². The molecule has 0 aliphatic heterocycles. The monoisotopic (exact) mass is 193 g/mol. The van der Waals surface area contributed by atoms with E-state index in [-0.39, 0.29) is 12.1 Å². The summed E-state index contributed by atoms with van der Waals surface area (Å²) in [6.07, 6.45) is 1.89. The van der Waals surface area contributed by atoms with Crippen molar-refractivity contribution in [3.63, 3.8) is 0 Å². The summed E-state index contributed by atoms with van der Waals surface area (Å²) in [7, 11) is 0. The average molecular weight is 193 g/mol. The van der Waals surface area contributed by atoms with Gasteiger partial charge in [0.05, 0.1) is 11.0 Å². The Morgan fingerprint density at radius 1 is 1.57 bits per heavy atom. The average Bonchev–Trinajstić information content (AvgIpc) is 2.18. The number of nitrogens with zero attached hydrogens (tertiary/aromatic N) is 1. The maximum absolute atomic E-state index is 10.4. The van der Waals surface area contributed by atoms with Gasteiger partial charge in [-0.2, -0.15) is 0 Å². The lowest BCUT2D eigenvalue weighted by Gasteiger charge is -2.02. The highest BCUT2D eigenvalue weighted by atomic mass is 16.6. The van der Waals surface area contributed by atoms with Crippen LogP contribution in [0.2, 0.25) is 0 Å². The standard InChI is InChI=1S/C9H9N2O3/c10-8(6-12)4-7-2-1-3-9(5-7)11(13)14/h1-3,5,8H,4,10H2. The van der Waals surface area contributed by atoms with Crippen molar-refractivity contribution in [3.8, 4) is 0 Å². The summed E-state index contributed by atoms with van der Waals surface area (Å²) < 4.78 is 0. The molecular weight excluding hydrogens is 184 g/mol. The summed E-state index contributed by atoms with van der Waals surface area (Å²) in [4.78, 5) is 20.1. The zero-order chi connectivity index (χ0) is 10.6. The first-order chi connectivity index (χ1) is 6.63. The van der Waals surface area contributed by atoms with Crippen molar-refractivity contribution < 1.29 is 9.72 Å². The van der Waals surface area contributed by atoms with Crippen LogP contribution in [0.3, 0.4) is 0 Å². The summed E-state index contributed by atoms with van der Waals surface area (Å²) in [6.45, 7) is 0. The minimum Gasteiger partial charge on any atom is -0.321 e. The van der Waals surface area contributed by atoms with E-state index in [1.807, 2.05) is 0 Å². The van der Waals surface area contributed by atoms with Gasteiger partial charge < -0.3 is 5.73 Å². The third kappa shape index (κ3) is 2.63. The molecule has 0 aliphatic carbocycles. The van der Waals surface area contributed by atoms with Crippen LogP contribution in [-0.4, -0.2) is 17.3 Å². The number of nitro benzene ring substituents is 1. The summed E-state index contributed by atoms with van der Waals surface area (Å²) in [5, 5.41) is 10.4. The van der Waals surface area contributed by atoms with Gasteiger partial charge in [0.1, 0.15) is 0 Å². The van der Waals surface area contributed by atoms with Crippen LogP contribution in [0.1, 0.15) is 5.56 Å². The Morgan fingerprint density at radius 3 is 2.86 bits per heavy atom. The van der Waals surface area contributed by atoms with Gasteiger partial charge in [0.15, 0.2) is 0 Å². The van der Waals surface area contributed by atoms with Crippen LogP contribution < -0.4 is 5.73 Å². The normalized spacial score (nSPS) is 12.1. The smallest absolute Gasteiger partial charge is 0.269 e. The molecule has 14 heavy (non-hydrogen) atoms. The quantitative estimate of drug-likeness (QED) is 0.559. The molecule has 1 aromatic rings. The molecule has 0 saturated heterocycles. The summed E-state index contributed by atoms with van der Waals surface area (Å²) in [5.74, 6) is 0. The van der Waals surface area contributed by atoms with Gasteiger partial charge in [0.2, 0.25) is 6.29 Å². The van der Waals surface area contributed by atoms with Gasteiger partial charge >= 0.3 is 0 Å². The lowest BCUT2D eigenvalue weighted by atomic mass is 10.1. The fourth-order valence-electron chi connectivity index (χ4n) is 1.09. The Morgan fingerprint density at radius 2 is 2.29 bits per heavy atom. The first kappa shape index (κ1) is 10.3. The number of nitrogens with two attached hydrogens (primary N) is 1. The lowest BCUT2D eigenvalue weighted by molar-refractivity contribution is -0.384. The van der Waals surface area contributed by atoms with Crippen molar-refractivity contribution in [1.82, 2.24) is 0 Å². The molecule has 0 saturated carbocycles. The van der Waals surface area contributed by atoms with E-state index in [0.717, 1.165) is 0 Å². The molecule has 0 aliphatic rings. The van der Waals surface area contributed by atoms with Crippen LogP contribution in [0.5, 0.6) is 0 Å². The summed E-state index contributed by atoms with van der Waals surface area (Å²) >= 11 is 0. The van der Waals surface area contributed by atoms with E-state index >= 15 is 0 Å². The molecule has 0 fully saturated rings. The van der Waals surface area contributed by atoms with Crippen molar-refractivity contribution in [3.05, 3.63) is 39.9 Å². The van der Waals surface area contributed by atoms with Crippen LogP contribution in [0.15, 0.2) is 24.3 Å². The zero-order valence-electron chi connectivity index (χ0n) is 7.34. The molecule has 1 atom stereocenters. The molecule has 0 amide bonds. The molecule has 1 unspecified atom stereocenters. The van der Waals surface area contributed by atoms with E-state index in [1.165, 1.54) is 12.1 Å². The minimum atomic E-state index is -0.725. The molecule has 1 aromatic carbocycles. The number of benzene rings is 1. The molecule has 0 aromatic heterocycles. The largest absolute Gasteiger partial charge is 0.321 e. The molecule has 1 radical (unpaired) electrons. The molecule has 0 spiro atoms. The Balaban J connectivity index is 2.83. The number of nitro groups is 1. The fourth-order valence-corrected chi connectivity index (χ4v) is 1.09. The number of hydrogen-bond donors (Lipinski definition) is 1. The number of hydrogen-bond acceptors (Lipinski definition) is 4. The Kier molecular flexibility index (Phi) is 3.30. The van der Waals surface area contributed by atoms with Gasteiger partial charge in [0, 0.05) is 12.1 Å². The topological polar surface area (TPSA) is 86.2 Å². The molecule has 0 heterocycles. The van der Waals surface area contributed by atoms with Crippen molar-refractivity contribution in [2.24, 2.45) is 5.73 Å². The highest BCUT2D eigenvalue weighted by molar-refractivity contribution is 5.59. The van der Waals surface area contributed by atoms with Gasteiger partial charge in [-0.05, 0) is 12.0 Å². The first-order valence-electron chi connectivity index (χ1n) is 4.00. The van der Waals surface area contributed by atoms with Gasteiger partial charge in [-0.1, -0.05) is 12.1 Å². The molecule has 5 heteroatoms. The van der Waals surface area contributed by atoms with E-state index in [9.17, 15) is 14.9 Å². The second kappa shape index (κ2) is 4.48. The van der Waals surface area contributed by atoms with Crippen molar-refractivity contribution in [2.45, 2.75) is 12.5 Å². The summed E-state index contributed by atoms with van der Waals surface area (Å²) in [5.41, 5.74) is 6.00. The SMILES string of the molecule is NC([C]=O)Cc1cccc([N+](=O)[O-])c1. The van der Waals surface area contributed by atoms with Gasteiger partial charge in [0.25, 0.3) is 5.69 Å². The third-order valence-electron chi connectivity index (χ3n) is 1.73. The Bertz CT molecular complexity index is 352. The highest BCUT2D eigenvalue weighted by Crippen LogP contribution is 2.13. The molecule has 5 nitrogen and oxygen atoms in total. The van der Waals surface area contributed by atoms with Crippen molar-refractivity contribution in [1.29, 1.82) is 0 Å². The molecule has 1 rings (SSSR count). The first-order valence-corrected chi connectivity index (χ1v) is 4.00. The summed E-state index contributed by atoms with van der Waals surface area (Å²) in [6, 6.07) is 5.31. The van der Waals surface area contributed by atoms with E-state index in [1.54, 1.807) is 18.4 Å². The van der Waals surface area contributed by atoms with Crippen molar-refractivity contribution in [2.75, 3.05) is 0 Å². The van der Waals surface area contributed by atoms with Crippen LogP contribution in [0, 0.1) is 10.1 Å². The fraction of sp³-hybridized carbons (Fsp3) is 0.222. The molecule has 73 valence electrons.